The van der Waals surface area contributed by atoms with Gasteiger partial charge >= 0.3 is 0 Å². The largest absolute Gasteiger partial charge is 0.477 e. The van der Waals surface area contributed by atoms with Crippen LogP contribution in [-0.2, 0) is 0 Å². The lowest BCUT2D eigenvalue weighted by atomic mass is 9.93. The Morgan fingerprint density at radius 3 is 2.64 bits per heavy atom. The molecule has 1 rings (SSSR count). The van der Waals surface area contributed by atoms with E-state index >= 15 is 0 Å². The van der Waals surface area contributed by atoms with Gasteiger partial charge in [0.15, 0.2) is 5.15 Å². The van der Waals surface area contributed by atoms with E-state index in [9.17, 15) is 0 Å². The number of hydrogen-bond acceptors (Lipinski definition) is 3. The van der Waals surface area contributed by atoms with Crippen LogP contribution in [0.4, 0.5) is 0 Å². The molecule has 0 aliphatic rings. The van der Waals surface area contributed by atoms with E-state index in [0.717, 1.165) is 6.42 Å². The van der Waals surface area contributed by atoms with Crippen molar-refractivity contribution in [1.82, 2.24) is 9.97 Å². The second-order valence-electron chi connectivity index (χ2n) is 4.34. The Balaban J connectivity index is 2.39. The van der Waals surface area contributed by atoms with Crippen LogP contribution in [0, 0.1) is 5.41 Å². The molecule has 0 N–H and O–H groups in total. The maximum atomic E-state index is 5.66. The maximum absolute atomic E-state index is 5.66. The molecular weight excluding hydrogens is 200 g/mol. The molecule has 1 aromatic heterocycles. The highest BCUT2D eigenvalue weighted by atomic mass is 35.5. The Kier molecular flexibility index (Phi) is 3.69. The zero-order chi connectivity index (χ0) is 10.6. The molecule has 0 bridgehead atoms. The third kappa shape index (κ3) is 4.42. The van der Waals surface area contributed by atoms with Crippen molar-refractivity contribution in [3.8, 4) is 5.88 Å². The van der Waals surface area contributed by atoms with Crippen LogP contribution in [0.25, 0.3) is 0 Å². The van der Waals surface area contributed by atoms with E-state index in [1.165, 1.54) is 6.20 Å². The van der Waals surface area contributed by atoms with Crippen LogP contribution in [0.3, 0.4) is 0 Å². The molecule has 4 heteroatoms. The van der Waals surface area contributed by atoms with Crippen LogP contribution in [0.2, 0.25) is 5.15 Å². The van der Waals surface area contributed by atoms with E-state index in [4.69, 9.17) is 16.3 Å². The summed E-state index contributed by atoms with van der Waals surface area (Å²) < 4.78 is 5.40. The number of hydrogen-bond donors (Lipinski definition) is 0. The van der Waals surface area contributed by atoms with Crippen molar-refractivity contribution >= 4 is 11.6 Å². The van der Waals surface area contributed by atoms with Crippen molar-refractivity contribution < 1.29 is 4.74 Å². The Bertz CT molecular complexity index is 296. The molecule has 1 aromatic rings. The van der Waals surface area contributed by atoms with E-state index in [2.05, 4.69) is 30.7 Å². The fourth-order valence-electron chi connectivity index (χ4n) is 0.857. The van der Waals surface area contributed by atoms with Crippen molar-refractivity contribution in [3.05, 3.63) is 17.5 Å². The van der Waals surface area contributed by atoms with E-state index < -0.39 is 0 Å². The highest BCUT2D eigenvalue weighted by Crippen LogP contribution is 2.18. The third-order valence-electron chi connectivity index (χ3n) is 1.69. The van der Waals surface area contributed by atoms with Gasteiger partial charge in [-0.15, -0.1) is 0 Å². The SMILES string of the molecule is CC(C)(C)CCOc1cncc(Cl)n1. The first-order valence-electron chi connectivity index (χ1n) is 4.58. The fraction of sp³-hybridized carbons (Fsp3) is 0.600. The predicted octanol–water partition coefficient (Wildman–Crippen LogP) is 2.95. The molecule has 0 atom stereocenters. The monoisotopic (exact) mass is 214 g/mol. The molecule has 0 aromatic carbocycles. The van der Waals surface area contributed by atoms with E-state index in [1.54, 1.807) is 6.20 Å². The standard InChI is InChI=1S/C10H15ClN2O/c1-10(2,3)4-5-14-9-7-12-6-8(11)13-9/h6-7H,4-5H2,1-3H3. The van der Waals surface area contributed by atoms with Crippen LogP contribution in [-0.4, -0.2) is 16.6 Å². The molecule has 78 valence electrons. The second-order valence-corrected chi connectivity index (χ2v) is 4.73. The molecule has 0 aliphatic carbocycles. The van der Waals surface area contributed by atoms with Crippen molar-refractivity contribution in [2.24, 2.45) is 5.41 Å². The Morgan fingerprint density at radius 2 is 2.07 bits per heavy atom. The summed E-state index contributed by atoms with van der Waals surface area (Å²) in [6.07, 6.45) is 4.02. The Morgan fingerprint density at radius 1 is 1.36 bits per heavy atom. The average Bonchev–Trinajstić information content (AvgIpc) is 2.01. The van der Waals surface area contributed by atoms with E-state index in [0.29, 0.717) is 17.6 Å². The summed E-state index contributed by atoms with van der Waals surface area (Å²) in [5.74, 6) is 0.488. The molecule has 0 aliphatic heterocycles. The zero-order valence-corrected chi connectivity index (χ0v) is 9.51. The molecular formula is C10H15ClN2O. The van der Waals surface area contributed by atoms with Gasteiger partial charge in [0.25, 0.3) is 0 Å². The van der Waals surface area contributed by atoms with Crippen molar-refractivity contribution in [3.63, 3.8) is 0 Å². The Labute approximate surface area is 89.5 Å². The topological polar surface area (TPSA) is 35.0 Å². The smallest absolute Gasteiger partial charge is 0.233 e. The lowest BCUT2D eigenvalue weighted by molar-refractivity contribution is 0.235. The van der Waals surface area contributed by atoms with Gasteiger partial charge in [0.2, 0.25) is 5.88 Å². The van der Waals surface area contributed by atoms with Gasteiger partial charge < -0.3 is 4.74 Å². The number of nitrogens with zero attached hydrogens (tertiary/aromatic N) is 2. The molecule has 0 fully saturated rings. The highest BCUT2D eigenvalue weighted by Gasteiger charge is 2.10. The van der Waals surface area contributed by atoms with Crippen LogP contribution in [0.15, 0.2) is 12.4 Å². The summed E-state index contributed by atoms with van der Waals surface area (Å²) >= 11 is 5.66. The molecule has 0 saturated carbocycles. The van der Waals surface area contributed by atoms with Gasteiger partial charge in [-0.1, -0.05) is 32.4 Å². The minimum Gasteiger partial charge on any atom is -0.477 e. The molecule has 0 unspecified atom stereocenters. The molecule has 0 radical (unpaired) electrons. The first kappa shape index (κ1) is 11.2. The zero-order valence-electron chi connectivity index (χ0n) is 8.75. The quantitative estimate of drug-likeness (QED) is 0.776. The summed E-state index contributed by atoms with van der Waals surface area (Å²) in [7, 11) is 0. The molecule has 1 heterocycles. The van der Waals surface area contributed by atoms with Gasteiger partial charge in [-0.3, -0.25) is 4.98 Å². The van der Waals surface area contributed by atoms with Gasteiger partial charge in [0.1, 0.15) is 0 Å². The fourth-order valence-corrected chi connectivity index (χ4v) is 0.997. The van der Waals surface area contributed by atoms with Gasteiger partial charge in [-0.25, -0.2) is 0 Å². The second kappa shape index (κ2) is 4.60. The van der Waals surface area contributed by atoms with Crippen LogP contribution in [0.1, 0.15) is 27.2 Å². The third-order valence-corrected chi connectivity index (χ3v) is 1.87. The normalized spacial score (nSPS) is 11.4. The van der Waals surface area contributed by atoms with E-state index in [1.807, 2.05) is 0 Å². The lowest BCUT2D eigenvalue weighted by Crippen LogP contribution is -2.11. The number of ether oxygens (including phenoxy) is 1. The predicted molar refractivity (Wildman–Crippen MR) is 56.6 cm³/mol. The molecule has 0 amide bonds. The van der Waals surface area contributed by atoms with Crippen LogP contribution in [0.5, 0.6) is 5.88 Å². The number of rotatable bonds is 3. The van der Waals surface area contributed by atoms with E-state index in [-0.39, 0.29) is 5.41 Å². The van der Waals surface area contributed by atoms with Gasteiger partial charge in [-0.2, -0.15) is 4.98 Å². The van der Waals surface area contributed by atoms with Crippen LogP contribution < -0.4 is 4.74 Å². The van der Waals surface area contributed by atoms with Crippen LogP contribution >= 0.6 is 11.6 Å². The van der Waals surface area contributed by atoms with Crippen molar-refractivity contribution in [2.45, 2.75) is 27.2 Å². The van der Waals surface area contributed by atoms with Gasteiger partial charge in [0.05, 0.1) is 19.0 Å². The maximum Gasteiger partial charge on any atom is 0.233 e. The number of halogens is 1. The highest BCUT2D eigenvalue weighted by molar-refractivity contribution is 6.29. The average molecular weight is 215 g/mol. The Hall–Kier alpha value is -0.830. The molecule has 14 heavy (non-hydrogen) atoms. The molecule has 0 saturated heterocycles. The summed E-state index contributed by atoms with van der Waals surface area (Å²) in [5.41, 5.74) is 0.270. The van der Waals surface area contributed by atoms with Gasteiger partial charge in [-0.05, 0) is 11.8 Å². The minimum absolute atomic E-state index is 0.270. The molecule has 0 spiro atoms. The summed E-state index contributed by atoms with van der Waals surface area (Å²) in [6, 6.07) is 0. The van der Waals surface area contributed by atoms with Crippen molar-refractivity contribution in [2.75, 3.05) is 6.61 Å². The molecule has 3 nitrogen and oxygen atoms in total. The van der Waals surface area contributed by atoms with Crippen molar-refractivity contribution in [1.29, 1.82) is 0 Å². The first-order chi connectivity index (χ1) is 6.47. The first-order valence-corrected chi connectivity index (χ1v) is 4.95. The summed E-state index contributed by atoms with van der Waals surface area (Å²) in [4.78, 5) is 7.85. The minimum atomic E-state index is 0.270. The summed E-state index contributed by atoms with van der Waals surface area (Å²) in [5, 5.41) is 0.359. The lowest BCUT2D eigenvalue weighted by Gasteiger charge is -2.17. The van der Waals surface area contributed by atoms with Gasteiger partial charge in [0, 0.05) is 0 Å². The number of aromatic nitrogens is 2. The summed E-state index contributed by atoms with van der Waals surface area (Å²) in [6.45, 7) is 7.14.